The van der Waals surface area contributed by atoms with Gasteiger partial charge in [-0.05, 0) is 30.7 Å². The molecule has 2 saturated heterocycles. The molecule has 5 rings (SSSR count). The standard InChI is InChI=1S/C19H21FN6.2ClH/c1-24-8-13-9-26(19-21-7-16-18(23-19)22-11-25(16)2)10-15(13)17(24)12-4-3-5-14(20)6-12;;/h3-7,11,13,15,17H,8-10H2,1-2H3;2*1H/t13-,15+,17-;;/m0../s1. The number of imidazole rings is 1. The lowest BCUT2D eigenvalue weighted by Crippen LogP contribution is -2.30. The fraction of sp³-hybridized carbons (Fsp3) is 0.421. The van der Waals surface area contributed by atoms with Crippen LogP contribution in [0.5, 0.6) is 0 Å². The normalized spacial score (nSPS) is 24.1. The van der Waals surface area contributed by atoms with Gasteiger partial charge in [0.2, 0.25) is 5.95 Å². The Kier molecular flexibility index (Phi) is 5.79. The number of halogens is 3. The molecule has 0 unspecified atom stereocenters. The number of aryl methyl sites for hydroxylation is 1. The van der Waals surface area contributed by atoms with E-state index < -0.39 is 0 Å². The molecule has 6 nitrogen and oxygen atoms in total. The summed E-state index contributed by atoms with van der Waals surface area (Å²) >= 11 is 0. The molecule has 2 aromatic heterocycles. The predicted octanol–water partition coefficient (Wildman–Crippen LogP) is 3.09. The zero-order chi connectivity index (χ0) is 17.8. The number of aromatic nitrogens is 4. The summed E-state index contributed by atoms with van der Waals surface area (Å²) in [7, 11) is 4.08. The molecule has 2 aliphatic rings. The minimum Gasteiger partial charge on any atom is -0.340 e. The second-order valence-corrected chi connectivity index (χ2v) is 7.50. The van der Waals surface area contributed by atoms with E-state index >= 15 is 0 Å². The van der Waals surface area contributed by atoms with Crippen LogP contribution in [0.25, 0.3) is 11.2 Å². The Morgan fingerprint density at radius 2 is 1.89 bits per heavy atom. The molecule has 3 atom stereocenters. The third-order valence-electron chi connectivity index (χ3n) is 5.84. The van der Waals surface area contributed by atoms with E-state index in [-0.39, 0.29) is 36.7 Å². The van der Waals surface area contributed by atoms with Crippen molar-refractivity contribution in [3.05, 3.63) is 48.2 Å². The summed E-state index contributed by atoms with van der Waals surface area (Å²) in [6.45, 7) is 2.82. The van der Waals surface area contributed by atoms with E-state index in [1.807, 2.05) is 23.9 Å². The van der Waals surface area contributed by atoms with Gasteiger partial charge in [0.25, 0.3) is 0 Å². The molecule has 0 saturated carbocycles. The second-order valence-electron chi connectivity index (χ2n) is 7.50. The largest absolute Gasteiger partial charge is 0.340 e. The number of anilines is 1. The van der Waals surface area contributed by atoms with Crippen LogP contribution in [0.15, 0.2) is 36.8 Å². The molecule has 0 N–H and O–H groups in total. The zero-order valence-corrected chi connectivity index (χ0v) is 17.3. The first kappa shape index (κ1) is 20.8. The van der Waals surface area contributed by atoms with Crippen LogP contribution in [0.2, 0.25) is 0 Å². The van der Waals surface area contributed by atoms with E-state index in [0.29, 0.717) is 11.8 Å². The maximum Gasteiger partial charge on any atom is 0.227 e. The van der Waals surface area contributed by atoms with Gasteiger partial charge in [-0.25, -0.2) is 14.4 Å². The molecule has 9 heteroatoms. The van der Waals surface area contributed by atoms with Crippen LogP contribution in [-0.2, 0) is 7.05 Å². The molecule has 3 aromatic rings. The smallest absolute Gasteiger partial charge is 0.227 e. The van der Waals surface area contributed by atoms with Crippen molar-refractivity contribution < 1.29 is 4.39 Å². The van der Waals surface area contributed by atoms with Gasteiger partial charge in [0, 0.05) is 38.6 Å². The first-order chi connectivity index (χ1) is 12.6. The monoisotopic (exact) mass is 424 g/mol. The summed E-state index contributed by atoms with van der Waals surface area (Å²) in [6.07, 6.45) is 3.60. The number of hydrogen-bond donors (Lipinski definition) is 0. The van der Waals surface area contributed by atoms with Gasteiger partial charge in [0.05, 0.1) is 12.5 Å². The maximum atomic E-state index is 13.7. The highest BCUT2D eigenvalue weighted by atomic mass is 35.5. The van der Waals surface area contributed by atoms with Crippen LogP contribution < -0.4 is 4.90 Å². The highest BCUT2D eigenvalue weighted by molar-refractivity contribution is 5.85. The second kappa shape index (κ2) is 7.81. The van der Waals surface area contributed by atoms with Crippen LogP contribution in [-0.4, -0.2) is 51.1 Å². The average molecular weight is 425 g/mol. The molecular weight excluding hydrogens is 402 g/mol. The molecule has 0 amide bonds. The summed E-state index contributed by atoms with van der Waals surface area (Å²) in [5.74, 6) is 1.56. The third-order valence-corrected chi connectivity index (χ3v) is 5.84. The predicted molar refractivity (Wildman–Crippen MR) is 112 cm³/mol. The van der Waals surface area contributed by atoms with Gasteiger partial charge in [-0.3, -0.25) is 4.90 Å². The minimum atomic E-state index is -0.168. The van der Waals surface area contributed by atoms with Crippen LogP contribution in [0, 0.1) is 17.7 Å². The van der Waals surface area contributed by atoms with Crippen LogP contribution in [0.1, 0.15) is 11.6 Å². The van der Waals surface area contributed by atoms with E-state index in [9.17, 15) is 4.39 Å². The van der Waals surface area contributed by atoms with Crippen LogP contribution in [0.4, 0.5) is 10.3 Å². The zero-order valence-electron chi connectivity index (χ0n) is 15.7. The number of nitrogens with zero attached hydrogens (tertiary/aromatic N) is 6. The van der Waals surface area contributed by atoms with Crippen molar-refractivity contribution in [3.63, 3.8) is 0 Å². The van der Waals surface area contributed by atoms with Crippen LogP contribution >= 0.6 is 24.8 Å². The molecule has 2 aliphatic heterocycles. The Labute approximate surface area is 175 Å². The summed E-state index contributed by atoms with van der Waals surface area (Å²) in [5, 5.41) is 0. The third kappa shape index (κ3) is 3.32. The van der Waals surface area contributed by atoms with Crippen molar-refractivity contribution >= 4 is 41.9 Å². The molecular formula is C19H23Cl2FN6. The van der Waals surface area contributed by atoms with Crippen LogP contribution in [0.3, 0.4) is 0 Å². The molecule has 0 spiro atoms. The number of benzene rings is 1. The van der Waals surface area contributed by atoms with Crippen molar-refractivity contribution in [1.29, 1.82) is 0 Å². The topological polar surface area (TPSA) is 50.1 Å². The summed E-state index contributed by atoms with van der Waals surface area (Å²) in [4.78, 5) is 18.2. The van der Waals surface area contributed by atoms with Crippen molar-refractivity contribution in [2.24, 2.45) is 18.9 Å². The average Bonchev–Trinajstić information content (AvgIpc) is 3.27. The van der Waals surface area contributed by atoms with Gasteiger partial charge in [0.15, 0.2) is 5.65 Å². The molecule has 0 radical (unpaired) electrons. The lowest BCUT2D eigenvalue weighted by atomic mass is 9.89. The Morgan fingerprint density at radius 3 is 2.68 bits per heavy atom. The van der Waals surface area contributed by atoms with Crippen molar-refractivity contribution in [1.82, 2.24) is 24.4 Å². The van der Waals surface area contributed by atoms with Crippen molar-refractivity contribution in [3.8, 4) is 0 Å². The Bertz CT molecular complexity index is 980. The Morgan fingerprint density at radius 1 is 1.07 bits per heavy atom. The summed E-state index contributed by atoms with van der Waals surface area (Å²) in [6, 6.07) is 7.25. The number of likely N-dealkylation sites (tertiary alicyclic amines) is 1. The van der Waals surface area contributed by atoms with E-state index in [1.54, 1.807) is 18.5 Å². The summed E-state index contributed by atoms with van der Waals surface area (Å²) in [5.41, 5.74) is 2.72. The van der Waals surface area contributed by atoms with Gasteiger partial charge < -0.3 is 9.47 Å². The molecule has 0 aliphatic carbocycles. The van der Waals surface area contributed by atoms with Gasteiger partial charge in [-0.15, -0.1) is 24.8 Å². The minimum absolute atomic E-state index is 0. The van der Waals surface area contributed by atoms with E-state index in [0.717, 1.165) is 42.3 Å². The molecule has 0 bridgehead atoms. The SMILES string of the molecule is CN1C[C@H]2CN(c3ncc4c(ncn4C)n3)C[C@H]2[C@@H]1c1cccc(F)c1.Cl.Cl. The number of rotatable bonds is 2. The molecule has 1 aromatic carbocycles. The quantitative estimate of drug-likeness (QED) is 0.632. The first-order valence-corrected chi connectivity index (χ1v) is 8.95. The highest BCUT2D eigenvalue weighted by Gasteiger charge is 2.46. The molecule has 150 valence electrons. The van der Waals surface area contributed by atoms with Gasteiger partial charge in [-0.2, -0.15) is 4.98 Å². The van der Waals surface area contributed by atoms with E-state index in [2.05, 4.69) is 31.8 Å². The fourth-order valence-electron chi connectivity index (χ4n) is 4.67. The Hall–Kier alpha value is -1.96. The summed E-state index contributed by atoms with van der Waals surface area (Å²) < 4.78 is 15.6. The number of hydrogen-bond acceptors (Lipinski definition) is 5. The molecule has 4 heterocycles. The van der Waals surface area contributed by atoms with E-state index in [4.69, 9.17) is 0 Å². The van der Waals surface area contributed by atoms with Gasteiger partial charge in [-0.1, -0.05) is 12.1 Å². The first-order valence-electron chi connectivity index (χ1n) is 8.95. The lowest BCUT2D eigenvalue weighted by Gasteiger charge is -2.26. The lowest BCUT2D eigenvalue weighted by molar-refractivity contribution is 0.279. The highest BCUT2D eigenvalue weighted by Crippen LogP contribution is 2.44. The fourth-order valence-corrected chi connectivity index (χ4v) is 4.67. The Balaban J connectivity index is 0.00000112. The van der Waals surface area contributed by atoms with Crippen molar-refractivity contribution in [2.45, 2.75) is 6.04 Å². The van der Waals surface area contributed by atoms with Gasteiger partial charge >= 0.3 is 0 Å². The van der Waals surface area contributed by atoms with E-state index in [1.165, 1.54) is 6.07 Å². The molecule has 2 fully saturated rings. The van der Waals surface area contributed by atoms with Crippen molar-refractivity contribution in [2.75, 3.05) is 31.6 Å². The van der Waals surface area contributed by atoms with Gasteiger partial charge in [0.1, 0.15) is 11.3 Å². The molecule has 28 heavy (non-hydrogen) atoms. The maximum absolute atomic E-state index is 13.7. The number of fused-ring (bicyclic) bond motifs is 2.